The molecule has 0 aliphatic heterocycles. The lowest BCUT2D eigenvalue weighted by Crippen LogP contribution is -2.16. The fourth-order valence-electron chi connectivity index (χ4n) is 3.46. The summed E-state index contributed by atoms with van der Waals surface area (Å²) >= 11 is 0. The average Bonchev–Trinajstić information content (AvgIpc) is 3.19. The number of amides is 1. The molecule has 2 aromatic carbocycles. The third-order valence-electron chi connectivity index (χ3n) is 4.98. The minimum absolute atomic E-state index is 0.197. The van der Waals surface area contributed by atoms with Crippen LogP contribution in [0, 0.1) is 6.92 Å². The molecule has 0 saturated heterocycles. The van der Waals surface area contributed by atoms with Gasteiger partial charge in [0.05, 0.1) is 0 Å². The molecule has 1 amide bonds. The first kappa shape index (κ1) is 20.9. The lowest BCUT2D eigenvalue weighted by Gasteiger charge is -2.12. The van der Waals surface area contributed by atoms with Crippen LogP contribution in [0.2, 0.25) is 0 Å². The van der Waals surface area contributed by atoms with Gasteiger partial charge in [-0.05, 0) is 42.6 Å². The number of anilines is 2. The number of aryl methyl sites for hydroxylation is 1. The Bertz CT molecular complexity index is 1290. The van der Waals surface area contributed by atoms with Crippen LogP contribution in [0.3, 0.4) is 0 Å². The Balaban J connectivity index is 1.57. The summed E-state index contributed by atoms with van der Waals surface area (Å²) in [7, 11) is 0. The van der Waals surface area contributed by atoms with Gasteiger partial charge in [-0.2, -0.15) is 4.98 Å². The van der Waals surface area contributed by atoms with Gasteiger partial charge in [0.15, 0.2) is 0 Å². The van der Waals surface area contributed by atoms with E-state index in [1.807, 2.05) is 55.5 Å². The van der Waals surface area contributed by atoms with Gasteiger partial charge >= 0.3 is 0 Å². The summed E-state index contributed by atoms with van der Waals surface area (Å²) in [4.78, 5) is 27.8. The highest BCUT2D eigenvalue weighted by Crippen LogP contribution is 2.21. The van der Waals surface area contributed by atoms with Crippen molar-refractivity contribution in [3.8, 4) is 0 Å². The predicted molar refractivity (Wildman–Crippen MR) is 125 cm³/mol. The molecule has 0 aliphatic carbocycles. The van der Waals surface area contributed by atoms with Crippen molar-refractivity contribution in [3.05, 3.63) is 93.6 Å². The predicted octanol–water partition coefficient (Wildman–Crippen LogP) is 4.98. The molecule has 0 fully saturated rings. The number of carbonyl (C=O) groups is 1. The van der Waals surface area contributed by atoms with Gasteiger partial charge in [-0.3, -0.25) is 10.1 Å². The third kappa shape index (κ3) is 4.85. The van der Waals surface area contributed by atoms with Crippen LogP contribution in [0.5, 0.6) is 0 Å². The quantitative estimate of drug-likeness (QED) is 0.208. The molecule has 0 saturated carbocycles. The van der Waals surface area contributed by atoms with Gasteiger partial charge < -0.3 is 10.3 Å². The molecule has 0 spiro atoms. The Morgan fingerprint density at radius 1 is 1.19 bits per heavy atom. The average molecular weight is 426 g/mol. The molecule has 4 aromatic rings. The minimum atomic E-state index is -0.287. The molecule has 0 aliphatic rings. The molecule has 0 atom stereocenters. The van der Waals surface area contributed by atoms with Gasteiger partial charge in [0, 0.05) is 51.9 Å². The number of benzene rings is 2. The van der Waals surface area contributed by atoms with E-state index in [-0.39, 0.29) is 11.9 Å². The van der Waals surface area contributed by atoms with Crippen molar-refractivity contribution in [2.75, 3.05) is 17.2 Å². The molecule has 2 heterocycles. The highest BCUT2D eigenvalue weighted by molar-refractivity contribution is 6.12. The summed E-state index contributed by atoms with van der Waals surface area (Å²) < 4.78 is 0. The SMILES string of the molecule is Cc1cc2c(C(=O)Nc3ncc(CCN=[N+]=[N-])c(NCc4ccccc4)n3)cccc2[nH]1. The summed E-state index contributed by atoms with van der Waals surface area (Å²) in [5.74, 6) is 0.496. The van der Waals surface area contributed by atoms with E-state index >= 15 is 0 Å². The van der Waals surface area contributed by atoms with Gasteiger partial charge in [0.25, 0.3) is 5.91 Å². The summed E-state index contributed by atoms with van der Waals surface area (Å²) in [5.41, 5.74) is 12.9. The van der Waals surface area contributed by atoms with Crippen molar-refractivity contribution >= 4 is 28.6 Å². The van der Waals surface area contributed by atoms with Crippen molar-refractivity contribution < 1.29 is 4.79 Å². The van der Waals surface area contributed by atoms with Crippen molar-refractivity contribution in [2.45, 2.75) is 19.9 Å². The van der Waals surface area contributed by atoms with Crippen LogP contribution < -0.4 is 10.6 Å². The smallest absolute Gasteiger partial charge is 0.258 e. The molecule has 3 N–H and O–H groups in total. The van der Waals surface area contributed by atoms with Crippen LogP contribution >= 0.6 is 0 Å². The van der Waals surface area contributed by atoms with Crippen LogP contribution in [0.1, 0.15) is 27.2 Å². The maximum atomic E-state index is 12.9. The van der Waals surface area contributed by atoms with Gasteiger partial charge in [-0.1, -0.05) is 41.5 Å². The molecule has 2 aromatic heterocycles. The molecule has 9 heteroatoms. The standard InChI is InChI=1S/C23H22N8O/c1-15-12-19-18(8-5-9-20(19)28-15)22(32)30-23-26-14-17(10-11-27-31-24)21(29-23)25-13-16-6-3-2-4-7-16/h2-9,12,14,28H,10-11,13H2,1H3,(H2,25,26,29,30,32). The van der Waals surface area contributed by atoms with E-state index in [2.05, 4.69) is 35.6 Å². The van der Waals surface area contributed by atoms with Crippen molar-refractivity contribution in [2.24, 2.45) is 5.11 Å². The molecular weight excluding hydrogens is 404 g/mol. The summed E-state index contributed by atoms with van der Waals surface area (Å²) in [5, 5.41) is 10.5. The highest BCUT2D eigenvalue weighted by Gasteiger charge is 2.14. The summed E-state index contributed by atoms with van der Waals surface area (Å²) in [6.45, 7) is 2.80. The summed E-state index contributed by atoms with van der Waals surface area (Å²) in [6, 6.07) is 17.4. The van der Waals surface area contributed by atoms with Gasteiger partial charge in [0.2, 0.25) is 5.95 Å². The fourth-order valence-corrected chi connectivity index (χ4v) is 3.46. The van der Waals surface area contributed by atoms with E-state index in [0.717, 1.165) is 27.7 Å². The minimum Gasteiger partial charge on any atom is -0.366 e. The Labute approximate surface area is 184 Å². The number of aromatic nitrogens is 3. The molecule has 0 bridgehead atoms. The second-order valence-corrected chi connectivity index (χ2v) is 7.28. The first-order valence-electron chi connectivity index (χ1n) is 10.2. The number of nitrogens with zero attached hydrogens (tertiary/aromatic N) is 5. The lowest BCUT2D eigenvalue weighted by atomic mass is 10.1. The Morgan fingerprint density at radius 3 is 2.84 bits per heavy atom. The summed E-state index contributed by atoms with van der Waals surface area (Å²) in [6.07, 6.45) is 2.13. The van der Waals surface area contributed by atoms with E-state index in [4.69, 9.17) is 5.53 Å². The fraction of sp³-hybridized carbons (Fsp3) is 0.174. The zero-order valence-electron chi connectivity index (χ0n) is 17.5. The second kappa shape index (κ2) is 9.63. The van der Waals surface area contributed by atoms with Crippen LogP contribution in [0.4, 0.5) is 11.8 Å². The van der Waals surface area contributed by atoms with E-state index in [1.165, 1.54) is 0 Å². The zero-order chi connectivity index (χ0) is 22.3. The maximum Gasteiger partial charge on any atom is 0.258 e. The monoisotopic (exact) mass is 426 g/mol. The van der Waals surface area contributed by atoms with Crippen molar-refractivity contribution in [3.63, 3.8) is 0 Å². The van der Waals surface area contributed by atoms with Crippen LogP contribution in [0.15, 0.2) is 65.9 Å². The first-order valence-corrected chi connectivity index (χ1v) is 10.2. The number of azide groups is 1. The van der Waals surface area contributed by atoms with Crippen LogP contribution in [-0.4, -0.2) is 27.4 Å². The Hall–Kier alpha value is -4.36. The largest absolute Gasteiger partial charge is 0.366 e. The van der Waals surface area contributed by atoms with Gasteiger partial charge in [-0.25, -0.2) is 4.98 Å². The van der Waals surface area contributed by atoms with E-state index in [0.29, 0.717) is 30.9 Å². The highest BCUT2D eigenvalue weighted by atomic mass is 16.1. The second-order valence-electron chi connectivity index (χ2n) is 7.28. The van der Waals surface area contributed by atoms with Crippen LogP contribution in [-0.2, 0) is 13.0 Å². The maximum absolute atomic E-state index is 12.9. The number of rotatable bonds is 8. The zero-order valence-corrected chi connectivity index (χ0v) is 17.5. The molecule has 4 rings (SSSR count). The number of H-pyrrole nitrogens is 1. The number of hydrogen-bond donors (Lipinski definition) is 3. The number of nitrogens with one attached hydrogen (secondary N) is 3. The molecule has 0 radical (unpaired) electrons. The van der Waals surface area contributed by atoms with Crippen molar-refractivity contribution in [1.29, 1.82) is 0 Å². The van der Waals surface area contributed by atoms with Gasteiger partial charge in [-0.15, -0.1) is 0 Å². The van der Waals surface area contributed by atoms with Crippen molar-refractivity contribution in [1.82, 2.24) is 15.0 Å². The number of fused-ring (bicyclic) bond motifs is 1. The van der Waals surface area contributed by atoms with E-state index in [9.17, 15) is 4.79 Å². The number of hydrogen-bond acceptors (Lipinski definition) is 5. The van der Waals surface area contributed by atoms with E-state index in [1.54, 1.807) is 12.3 Å². The van der Waals surface area contributed by atoms with E-state index < -0.39 is 0 Å². The lowest BCUT2D eigenvalue weighted by molar-refractivity contribution is 0.102. The topological polar surface area (TPSA) is 131 Å². The Kier molecular flexibility index (Phi) is 6.29. The normalized spacial score (nSPS) is 10.5. The van der Waals surface area contributed by atoms with Gasteiger partial charge in [0.1, 0.15) is 5.82 Å². The molecule has 32 heavy (non-hydrogen) atoms. The number of carbonyl (C=O) groups excluding carboxylic acids is 1. The van der Waals surface area contributed by atoms with Crippen LogP contribution in [0.25, 0.3) is 21.3 Å². The third-order valence-corrected chi connectivity index (χ3v) is 4.98. The number of aromatic amines is 1. The Morgan fingerprint density at radius 2 is 2.03 bits per heavy atom. The first-order chi connectivity index (χ1) is 15.6. The molecule has 0 unspecified atom stereocenters. The molecule has 9 nitrogen and oxygen atoms in total. The molecular formula is C23H22N8O. The molecule has 160 valence electrons.